The molecule has 2 amide bonds. The van der Waals surface area contributed by atoms with Gasteiger partial charge in [-0.2, -0.15) is 0 Å². The van der Waals surface area contributed by atoms with Crippen molar-refractivity contribution in [1.82, 2.24) is 4.90 Å². The van der Waals surface area contributed by atoms with Crippen molar-refractivity contribution in [1.29, 1.82) is 0 Å². The predicted molar refractivity (Wildman–Crippen MR) is 97.7 cm³/mol. The second-order valence-electron chi connectivity index (χ2n) is 8.47. The number of hydrogen-bond acceptors (Lipinski definition) is 5. The Labute approximate surface area is 154 Å². The largest absolute Gasteiger partial charge is 0.441 e. The molecule has 0 N–H and O–H groups in total. The molecule has 1 unspecified atom stereocenters. The minimum atomic E-state index is -0.774. The first-order chi connectivity index (χ1) is 12.1. The molecule has 2 aliphatic heterocycles. The first kappa shape index (κ1) is 18.4. The highest BCUT2D eigenvalue weighted by Crippen LogP contribution is 2.34. The summed E-state index contributed by atoms with van der Waals surface area (Å²) in [6.07, 6.45) is -0.465. The molecule has 0 bridgehead atoms. The second kappa shape index (κ2) is 6.41. The summed E-state index contributed by atoms with van der Waals surface area (Å²) in [5.41, 5.74) is 0.918. The van der Waals surface area contributed by atoms with Crippen LogP contribution in [-0.2, 0) is 20.8 Å². The molecule has 26 heavy (non-hydrogen) atoms. The average molecular weight is 358 g/mol. The lowest BCUT2D eigenvalue weighted by Crippen LogP contribution is -2.49. The normalized spacial score (nSPS) is 24.9. The lowest BCUT2D eigenvalue weighted by Gasteiger charge is -2.28. The van der Waals surface area contributed by atoms with Crippen LogP contribution in [0.25, 0.3) is 0 Å². The monoisotopic (exact) mass is 358 g/mol. The smallest absolute Gasteiger partial charge is 0.417 e. The van der Waals surface area contributed by atoms with Crippen molar-refractivity contribution in [2.24, 2.45) is 10.6 Å². The van der Waals surface area contributed by atoms with Gasteiger partial charge in [-0.15, -0.1) is 0 Å². The second-order valence-corrected chi connectivity index (χ2v) is 8.47. The third-order valence-corrected chi connectivity index (χ3v) is 4.98. The van der Waals surface area contributed by atoms with E-state index < -0.39 is 23.8 Å². The van der Waals surface area contributed by atoms with Crippen LogP contribution in [0.2, 0.25) is 0 Å². The number of nitrogens with zero attached hydrogens (tertiary/aromatic N) is 2. The Morgan fingerprint density at radius 3 is 2.50 bits per heavy atom. The van der Waals surface area contributed by atoms with Crippen molar-refractivity contribution >= 4 is 17.7 Å². The highest BCUT2D eigenvalue weighted by Gasteiger charge is 2.53. The average Bonchev–Trinajstić information content (AvgIpc) is 3.11. The summed E-state index contributed by atoms with van der Waals surface area (Å²) in [6.45, 7) is 9.73. The molecule has 0 aliphatic carbocycles. The molecule has 3 rings (SSSR count). The van der Waals surface area contributed by atoms with Crippen molar-refractivity contribution in [3.63, 3.8) is 0 Å². The van der Waals surface area contributed by atoms with E-state index in [0.717, 1.165) is 11.3 Å². The molecule has 0 spiro atoms. The first-order valence-electron chi connectivity index (χ1n) is 8.93. The first-order valence-corrected chi connectivity index (χ1v) is 8.93. The molecule has 6 nitrogen and oxygen atoms in total. The third kappa shape index (κ3) is 3.45. The summed E-state index contributed by atoms with van der Waals surface area (Å²) in [6, 6.07) is 9.38. The van der Waals surface area contributed by atoms with Crippen molar-refractivity contribution < 1.29 is 19.2 Å². The summed E-state index contributed by atoms with van der Waals surface area (Å²) in [7, 11) is 0. The van der Waals surface area contributed by atoms with Crippen molar-refractivity contribution in [3.05, 3.63) is 35.9 Å². The van der Waals surface area contributed by atoms with Gasteiger partial charge in [0.1, 0.15) is 5.60 Å². The number of rotatable bonds is 3. The van der Waals surface area contributed by atoms with E-state index in [-0.39, 0.29) is 11.3 Å². The molecule has 2 aliphatic rings. The van der Waals surface area contributed by atoms with E-state index in [2.05, 4.69) is 5.16 Å². The topological polar surface area (TPSA) is 68.2 Å². The summed E-state index contributed by atoms with van der Waals surface area (Å²) < 4.78 is 5.49. The fraction of sp³-hybridized carbons (Fsp3) is 0.550. The van der Waals surface area contributed by atoms with Gasteiger partial charge in [-0.1, -0.05) is 56.3 Å². The number of hydrogen-bond donors (Lipinski definition) is 0. The van der Waals surface area contributed by atoms with Crippen LogP contribution in [0.15, 0.2) is 35.5 Å². The molecule has 6 heteroatoms. The number of oxime groups is 1. The van der Waals surface area contributed by atoms with Crippen molar-refractivity contribution in [3.8, 4) is 0 Å². The molecule has 1 saturated heterocycles. The van der Waals surface area contributed by atoms with E-state index in [1.54, 1.807) is 0 Å². The third-order valence-electron chi connectivity index (χ3n) is 4.98. The van der Waals surface area contributed by atoms with Gasteiger partial charge in [0.15, 0.2) is 0 Å². The Kier molecular flexibility index (Phi) is 4.54. The zero-order valence-corrected chi connectivity index (χ0v) is 16.0. The predicted octanol–water partition coefficient (Wildman–Crippen LogP) is 3.55. The summed E-state index contributed by atoms with van der Waals surface area (Å²) in [5, 5.41) is 4.07. The summed E-state index contributed by atoms with van der Waals surface area (Å²) in [4.78, 5) is 32.1. The SMILES string of the molecule is CC(C)(C)C1=NOC(C(=O)N2C(=O)OC(C)(C)[C@@H]2Cc2ccccc2)C1. The Morgan fingerprint density at radius 1 is 1.27 bits per heavy atom. The Morgan fingerprint density at radius 2 is 1.92 bits per heavy atom. The molecule has 0 aromatic heterocycles. The number of carbonyl (C=O) groups excluding carboxylic acids is 2. The van der Waals surface area contributed by atoms with E-state index in [9.17, 15) is 9.59 Å². The number of carbonyl (C=O) groups is 2. The standard InChI is InChI=1S/C20H26N2O4/c1-19(2,3)15-12-14(26-21-15)17(23)22-16(20(4,5)25-18(22)24)11-13-9-7-6-8-10-13/h6-10,14,16H,11-12H2,1-5H3/t14?,16-/m0/s1. The van der Waals surface area contributed by atoms with Crippen LogP contribution in [0.4, 0.5) is 4.79 Å². The molecule has 2 atom stereocenters. The number of benzene rings is 1. The van der Waals surface area contributed by atoms with Crippen molar-refractivity contribution in [2.75, 3.05) is 0 Å². The van der Waals surface area contributed by atoms with E-state index >= 15 is 0 Å². The minimum absolute atomic E-state index is 0.177. The quantitative estimate of drug-likeness (QED) is 0.829. The van der Waals surface area contributed by atoms with Gasteiger partial charge < -0.3 is 9.57 Å². The molecule has 1 aromatic rings. The van der Waals surface area contributed by atoms with Gasteiger partial charge in [-0.25, -0.2) is 9.69 Å². The highest BCUT2D eigenvalue weighted by atomic mass is 16.6. The molecular weight excluding hydrogens is 332 g/mol. The molecule has 140 valence electrons. The number of imide groups is 1. The van der Waals surface area contributed by atoms with Crippen LogP contribution < -0.4 is 0 Å². The van der Waals surface area contributed by atoms with Gasteiger partial charge >= 0.3 is 6.09 Å². The van der Waals surface area contributed by atoms with Gasteiger partial charge in [-0.05, 0) is 25.8 Å². The maximum atomic E-state index is 13.0. The summed E-state index contributed by atoms with van der Waals surface area (Å²) >= 11 is 0. The van der Waals surface area contributed by atoms with Gasteiger partial charge in [-0.3, -0.25) is 4.79 Å². The fourth-order valence-corrected chi connectivity index (χ4v) is 3.31. The molecule has 0 radical (unpaired) electrons. The van der Waals surface area contributed by atoms with Crippen molar-refractivity contribution in [2.45, 2.75) is 65.2 Å². The van der Waals surface area contributed by atoms with Crippen LogP contribution in [0.1, 0.15) is 46.6 Å². The zero-order chi connectivity index (χ0) is 19.1. The van der Waals surface area contributed by atoms with Crippen LogP contribution in [0.3, 0.4) is 0 Å². The van der Waals surface area contributed by atoms with Crippen LogP contribution in [0, 0.1) is 5.41 Å². The van der Waals surface area contributed by atoms with Crippen LogP contribution in [0.5, 0.6) is 0 Å². The maximum absolute atomic E-state index is 13.0. The zero-order valence-electron chi connectivity index (χ0n) is 16.0. The molecule has 1 aromatic carbocycles. The Hall–Kier alpha value is -2.37. The maximum Gasteiger partial charge on any atom is 0.417 e. The summed E-state index contributed by atoms with van der Waals surface area (Å²) in [5.74, 6) is -0.385. The Balaban J connectivity index is 1.80. The van der Waals surface area contributed by atoms with E-state index in [1.165, 1.54) is 4.90 Å². The number of ether oxygens (including phenoxy) is 1. The van der Waals surface area contributed by atoms with E-state index in [0.29, 0.717) is 12.8 Å². The van der Waals surface area contributed by atoms with E-state index in [4.69, 9.17) is 9.57 Å². The Bertz CT molecular complexity index is 734. The molecule has 2 heterocycles. The fourth-order valence-electron chi connectivity index (χ4n) is 3.31. The molecule has 0 saturated carbocycles. The van der Waals surface area contributed by atoms with Gasteiger partial charge in [0.05, 0.1) is 11.8 Å². The van der Waals surface area contributed by atoms with Gasteiger partial charge in [0.25, 0.3) is 5.91 Å². The minimum Gasteiger partial charge on any atom is -0.441 e. The van der Waals surface area contributed by atoms with E-state index in [1.807, 2.05) is 65.0 Å². The number of cyclic esters (lactones) is 1. The lowest BCUT2D eigenvalue weighted by molar-refractivity contribution is -0.140. The molecule has 1 fully saturated rings. The van der Waals surface area contributed by atoms with Gasteiger partial charge in [0, 0.05) is 11.8 Å². The highest BCUT2D eigenvalue weighted by molar-refractivity contribution is 6.01. The molecular formula is C20H26N2O4. The number of amides is 2. The van der Waals surface area contributed by atoms with Crippen LogP contribution >= 0.6 is 0 Å². The van der Waals surface area contributed by atoms with Gasteiger partial charge in [0.2, 0.25) is 6.10 Å². The van der Waals surface area contributed by atoms with Crippen LogP contribution in [-0.4, -0.2) is 40.4 Å². The lowest BCUT2D eigenvalue weighted by atomic mass is 9.87.